The fourth-order valence-electron chi connectivity index (χ4n) is 5.35. The molecule has 1 N–H and O–H groups in total. The minimum absolute atomic E-state index is 0.202. The summed E-state index contributed by atoms with van der Waals surface area (Å²) < 4.78 is 11.7. The molecular weight excluding hydrogens is 582 g/mol. The molecule has 6 nitrogen and oxygen atoms in total. The number of hydrogen-bond donors (Lipinski definition) is 1. The van der Waals surface area contributed by atoms with Crippen LogP contribution in [0.5, 0.6) is 11.5 Å². The smallest absolute Gasteiger partial charge is 0.323 e. The van der Waals surface area contributed by atoms with Gasteiger partial charge in [0.1, 0.15) is 24.7 Å². The van der Waals surface area contributed by atoms with E-state index in [9.17, 15) is 14.7 Å². The number of carboxylic acids is 1. The Hall–Kier alpha value is -4.10. The lowest BCUT2D eigenvalue weighted by atomic mass is 9.90. The first-order chi connectivity index (χ1) is 21.7. The molecule has 0 atom stereocenters. The van der Waals surface area contributed by atoms with Crippen LogP contribution in [0.25, 0.3) is 11.1 Å². The molecule has 0 fully saturated rings. The minimum Gasteiger partial charge on any atom is -0.489 e. The summed E-state index contributed by atoms with van der Waals surface area (Å²) in [5, 5.41) is 11.5. The number of rotatable bonds is 17. The Morgan fingerprint density at radius 1 is 0.800 bits per heavy atom. The van der Waals surface area contributed by atoms with Gasteiger partial charge in [-0.15, -0.1) is 11.3 Å². The topological polar surface area (TPSA) is 76.1 Å². The molecule has 0 saturated carbocycles. The van der Waals surface area contributed by atoms with Crippen molar-refractivity contribution in [3.8, 4) is 22.6 Å². The standard InChI is InChI=1S/C38H45NO5S/c1-5-7-30(8-6-2)31-15-19-34(20-16-31)43-24-28-9-11-32(12-10-28)33-21-36(45-26-33)22-39(23-38(41)42)37(40)25-44-35-17-13-29(14-18-35)27(3)4/h9-21,26-27,30H,5-8,22-25H2,1-4H3,(H,41,42). The quantitative estimate of drug-likeness (QED) is 0.126. The Morgan fingerprint density at radius 2 is 1.40 bits per heavy atom. The van der Waals surface area contributed by atoms with Crippen LogP contribution in [0.3, 0.4) is 0 Å². The number of carbonyl (C=O) groups excluding carboxylic acids is 1. The first kappa shape index (κ1) is 33.8. The molecule has 0 unspecified atom stereocenters. The van der Waals surface area contributed by atoms with Crippen LogP contribution in [-0.2, 0) is 22.7 Å². The molecule has 4 rings (SSSR count). The van der Waals surface area contributed by atoms with Crippen molar-refractivity contribution < 1.29 is 24.2 Å². The molecule has 0 aliphatic heterocycles. The summed E-state index contributed by atoms with van der Waals surface area (Å²) >= 11 is 1.50. The molecule has 7 heteroatoms. The molecule has 3 aromatic carbocycles. The van der Waals surface area contributed by atoms with E-state index in [1.54, 1.807) is 0 Å². The van der Waals surface area contributed by atoms with Gasteiger partial charge in [-0.1, -0.05) is 89.1 Å². The van der Waals surface area contributed by atoms with Crippen molar-refractivity contribution >= 4 is 23.2 Å². The van der Waals surface area contributed by atoms with E-state index in [4.69, 9.17) is 9.47 Å². The molecule has 0 aliphatic rings. The number of carboxylic acid groups (broad SMARTS) is 1. The monoisotopic (exact) mass is 627 g/mol. The van der Waals surface area contributed by atoms with Gasteiger partial charge in [-0.25, -0.2) is 0 Å². The first-order valence-electron chi connectivity index (χ1n) is 15.9. The van der Waals surface area contributed by atoms with E-state index in [0.29, 0.717) is 24.2 Å². The van der Waals surface area contributed by atoms with Crippen LogP contribution >= 0.6 is 11.3 Å². The number of benzene rings is 3. The number of amides is 1. The molecule has 0 spiro atoms. The lowest BCUT2D eigenvalue weighted by Gasteiger charge is -2.20. The summed E-state index contributed by atoms with van der Waals surface area (Å²) in [6, 6.07) is 26.4. The van der Waals surface area contributed by atoms with Crippen molar-refractivity contribution in [2.24, 2.45) is 0 Å². The normalized spacial score (nSPS) is 11.2. The highest BCUT2D eigenvalue weighted by Gasteiger charge is 2.19. The Kier molecular flexibility index (Phi) is 12.6. The summed E-state index contributed by atoms with van der Waals surface area (Å²) in [6.07, 6.45) is 4.82. The van der Waals surface area contributed by atoms with Crippen LogP contribution in [0.15, 0.2) is 84.2 Å². The molecule has 0 saturated heterocycles. The van der Waals surface area contributed by atoms with Crippen LogP contribution < -0.4 is 9.47 Å². The van der Waals surface area contributed by atoms with Crippen molar-refractivity contribution in [1.82, 2.24) is 4.90 Å². The maximum absolute atomic E-state index is 12.9. The molecular formula is C38H45NO5S. The Bertz CT molecular complexity index is 1490. The van der Waals surface area contributed by atoms with E-state index >= 15 is 0 Å². The number of hydrogen-bond acceptors (Lipinski definition) is 5. The molecule has 4 aromatic rings. The zero-order chi connectivity index (χ0) is 32.2. The first-order valence-corrected chi connectivity index (χ1v) is 16.8. The van der Waals surface area contributed by atoms with Gasteiger partial charge in [-0.3, -0.25) is 9.59 Å². The number of aliphatic carboxylic acids is 1. The Morgan fingerprint density at radius 3 is 1.98 bits per heavy atom. The van der Waals surface area contributed by atoms with E-state index < -0.39 is 12.5 Å². The highest BCUT2D eigenvalue weighted by atomic mass is 32.1. The van der Waals surface area contributed by atoms with Gasteiger partial charge in [0.05, 0.1) is 6.54 Å². The van der Waals surface area contributed by atoms with E-state index in [2.05, 4.69) is 76.2 Å². The van der Waals surface area contributed by atoms with Gasteiger partial charge in [0.25, 0.3) is 5.91 Å². The second-order valence-corrected chi connectivity index (χ2v) is 12.8. The van der Waals surface area contributed by atoms with Crippen molar-refractivity contribution in [3.05, 3.63) is 106 Å². The van der Waals surface area contributed by atoms with Crippen LogP contribution in [0.2, 0.25) is 0 Å². The fraction of sp³-hybridized carbons (Fsp3) is 0.368. The highest BCUT2D eigenvalue weighted by Crippen LogP contribution is 2.29. The Labute approximate surface area is 271 Å². The van der Waals surface area contributed by atoms with Gasteiger partial charge in [-0.2, -0.15) is 0 Å². The number of thiophene rings is 1. The second-order valence-electron chi connectivity index (χ2n) is 11.8. The van der Waals surface area contributed by atoms with Gasteiger partial charge in [-0.05, 0) is 88.2 Å². The van der Waals surface area contributed by atoms with Gasteiger partial charge < -0.3 is 19.5 Å². The summed E-state index contributed by atoms with van der Waals surface area (Å²) in [4.78, 5) is 26.7. The van der Waals surface area contributed by atoms with Crippen molar-refractivity contribution in [3.63, 3.8) is 0 Å². The maximum Gasteiger partial charge on any atom is 0.323 e. The van der Waals surface area contributed by atoms with E-state index in [1.165, 1.54) is 53.0 Å². The number of nitrogens with zero attached hydrogens (tertiary/aromatic N) is 1. The molecule has 238 valence electrons. The largest absolute Gasteiger partial charge is 0.489 e. The van der Waals surface area contributed by atoms with E-state index in [1.807, 2.05) is 35.7 Å². The molecule has 1 amide bonds. The third-order valence-electron chi connectivity index (χ3n) is 7.91. The molecule has 0 radical (unpaired) electrons. The Balaban J connectivity index is 1.31. The summed E-state index contributed by atoms with van der Waals surface area (Å²) in [7, 11) is 0. The second kappa shape index (κ2) is 16.8. The van der Waals surface area contributed by atoms with Crippen LogP contribution in [0.1, 0.15) is 86.8 Å². The fourth-order valence-corrected chi connectivity index (χ4v) is 6.26. The zero-order valence-electron chi connectivity index (χ0n) is 26.8. The minimum atomic E-state index is -1.06. The van der Waals surface area contributed by atoms with Gasteiger partial charge in [0.15, 0.2) is 6.61 Å². The predicted octanol–water partition coefficient (Wildman–Crippen LogP) is 9.29. The van der Waals surface area contributed by atoms with Crippen LogP contribution in [0, 0.1) is 0 Å². The average molecular weight is 628 g/mol. The van der Waals surface area contributed by atoms with Gasteiger partial charge in [0, 0.05) is 4.88 Å². The molecule has 45 heavy (non-hydrogen) atoms. The highest BCUT2D eigenvalue weighted by molar-refractivity contribution is 7.10. The third-order valence-corrected chi connectivity index (χ3v) is 8.83. The molecule has 1 heterocycles. The van der Waals surface area contributed by atoms with Gasteiger partial charge in [0.2, 0.25) is 0 Å². The molecule has 1 aromatic heterocycles. The lowest BCUT2D eigenvalue weighted by molar-refractivity contribution is -0.145. The van der Waals surface area contributed by atoms with Gasteiger partial charge >= 0.3 is 5.97 Å². The lowest BCUT2D eigenvalue weighted by Crippen LogP contribution is -2.38. The van der Waals surface area contributed by atoms with Crippen LogP contribution in [-0.4, -0.2) is 35.0 Å². The summed E-state index contributed by atoms with van der Waals surface area (Å²) in [5.74, 6) is 1.03. The summed E-state index contributed by atoms with van der Waals surface area (Å²) in [5.41, 5.74) is 5.72. The molecule has 0 bridgehead atoms. The summed E-state index contributed by atoms with van der Waals surface area (Å²) in [6.45, 7) is 8.78. The van der Waals surface area contributed by atoms with E-state index in [0.717, 1.165) is 27.3 Å². The maximum atomic E-state index is 12.9. The zero-order valence-corrected chi connectivity index (χ0v) is 27.6. The van der Waals surface area contributed by atoms with Crippen molar-refractivity contribution in [2.45, 2.75) is 78.4 Å². The molecule has 0 aliphatic carbocycles. The average Bonchev–Trinajstić information content (AvgIpc) is 3.51. The SMILES string of the molecule is CCCC(CCC)c1ccc(OCc2ccc(-c3csc(CN(CC(=O)O)C(=O)COc4ccc(C(C)C)cc4)c3)cc2)cc1. The third kappa shape index (κ3) is 10.2. The van der Waals surface area contributed by atoms with Crippen molar-refractivity contribution in [2.75, 3.05) is 13.2 Å². The van der Waals surface area contributed by atoms with Crippen molar-refractivity contribution in [1.29, 1.82) is 0 Å². The number of carbonyl (C=O) groups is 2. The predicted molar refractivity (Wildman–Crippen MR) is 182 cm³/mol. The van der Waals surface area contributed by atoms with Crippen LogP contribution in [0.4, 0.5) is 0 Å². The van der Waals surface area contributed by atoms with E-state index in [-0.39, 0.29) is 19.1 Å². The number of ether oxygens (including phenoxy) is 2.